The number of ether oxygens (including phenoxy) is 1. The van der Waals surface area contributed by atoms with E-state index in [0.29, 0.717) is 18.4 Å². The smallest absolute Gasteiger partial charge is 0.334 e. The minimum atomic E-state index is -0.840. The number of nitrogens with zero attached hydrogens (tertiary/aromatic N) is 2. The first-order chi connectivity index (χ1) is 12.3. The monoisotopic (exact) mass is 360 g/mol. The second-order valence-corrected chi connectivity index (χ2v) is 7.57. The maximum absolute atomic E-state index is 12.6. The predicted octanol–water partition coefficient (Wildman–Crippen LogP) is -0.268. The van der Waals surface area contributed by atoms with Gasteiger partial charge in [-0.15, -0.1) is 0 Å². The van der Waals surface area contributed by atoms with Gasteiger partial charge in [0.05, 0.1) is 30.8 Å². The second-order valence-electron chi connectivity index (χ2n) is 7.57. The molecule has 3 fully saturated rings. The van der Waals surface area contributed by atoms with E-state index >= 15 is 0 Å². The molecule has 0 radical (unpaired) electrons. The second kappa shape index (κ2) is 5.49. The van der Waals surface area contributed by atoms with E-state index in [2.05, 4.69) is 0 Å². The van der Waals surface area contributed by atoms with Crippen molar-refractivity contribution in [3.05, 3.63) is 11.1 Å². The summed E-state index contributed by atoms with van der Waals surface area (Å²) in [6, 6.07) is 0. The van der Waals surface area contributed by atoms with Gasteiger partial charge in [-0.1, -0.05) is 5.57 Å². The lowest BCUT2D eigenvalue weighted by Gasteiger charge is -2.39. The molecular formula is C18H20N2O6. The van der Waals surface area contributed by atoms with Crippen molar-refractivity contribution in [2.45, 2.75) is 19.3 Å². The zero-order valence-corrected chi connectivity index (χ0v) is 14.9. The number of rotatable bonds is 1. The van der Waals surface area contributed by atoms with Crippen LogP contribution in [-0.4, -0.2) is 60.6 Å². The predicted molar refractivity (Wildman–Crippen MR) is 85.9 cm³/mol. The summed E-state index contributed by atoms with van der Waals surface area (Å²) in [6.45, 7) is 0. The first-order valence-corrected chi connectivity index (χ1v) is 8.72. The van der Waals surface area contributed by atoms with Gasteiger partial charge in [-0.25, -0.2) is 4.79 Å². The number of imide groups is 2. The SMILES string of the molecule is COC(=O)C1=C2C[C@@H]3C(=O)N(C)C(=O)[C@@H]3C[C@H]2C[C@H]2C(=O)N(C)C(=O)[C@@H]12. The van der Waals surface area contributed by atoms with Crippen molar-refractivity contribution in [2.24, 2.45) is 29.6 Å². The van der Waals surface area contributed by atoms with Crippen LogP contribution < -0.4 is 0 Å². The minimum absolute atomic E-state index is 0.168. The van der Waals surface area contributed by atoms with Crippen LogP contribution in [0.1, 0.15) is 19.3 Å². The number of hydrogen-bond donors (Lipinski definition) is 0. The lowest BCUT2D eigenvalue weighted by Crippen LogP contribution is -2.39. The van der Waals surface area contributed by atoms with Gasteiger partial charge in [0.25, 0.3) is 0 Å². The van der Waals surface area contributed by atoms with Crippen LogP contribution in [0.25, 0.3) is 0 Å². The highest BCUT2D eigenvalue weighted by molar-refractivity contribution is 6.11. The van der Waals surface area contributed by atoms with Crippen molar-refractivity contribution in [1.29, 1.82) is 0 Å². The van der Waals surface area contributed by atoms with Crippen LogP contribution in [0.4, 0.5) is 0 Å². The van der Waals surface area contributed by atoms with Crippen LogP contribution in [0.5, 0.6) is 0 Å². The van der Waals surface area contributed by atoms with E-state index in [1.54, 1.807) is 0 Å². The molecule has 2 saturated heterocycles. The molecule has 0 aromatic rings. The molecule has 2 aliphatic carbocycles. The fourth-order valence-electron chi connectivity index (χ4n) is 5.18. The molecule has 4 aliphatic rings. The Morgan fingerprint density at radius 2 is 1.42 bits per heavy atom. The van der Waals surface area contributed by atoms with Crippen molar-refractivity contribution in [1.82, 2.24) is 9.80 Å². The number of amides is 4. The zero-order chi connectivity index (χ0) is 18.9. The molecule has 4 rings (SSSR count). The first kappa shape index (κ1) is 16.9. The molecule has 1 saturated carbocycles. The largest absolute Gasteiger partial charge is 0.466 e. The fraction of sp³-hybridized carbons (Fsp3) is 0.611. The highest BCUT2D eigenvalue weighted by atomic mass is 16.5. The molecule has 5 atom stereocenters. The van der Waals surface area contributed by atoms with Crippen LogP contribution >= 0.6 is 0 Å². The Balaban J connectivity index is 1.82. The van der Waals surface area contributed by atoms with E-state index in [9.17, 15) is 24.0 Å². The molecule has 0 aromatic heterocycles. The third-order valence-electron chi connectivity index (χ3n) is 6.50. The number of methoxy groups -OCH3 is 1. The van der Waals surface area contributed by atoms with Gasteiger partial charge in [0.15, 0.2) is 0 Å². The van der Waals surface area contributed by atoms with Crippen LogP contribution in [0.15, 0.2) is 11.1 Å². The molecule has 138 valence electrons. The van der Waals surface area contributed by atoms with Crippen molar-refractivity contribution < 1.29 is 28.7 Å². The van der Waals surface area contributed by atoms with Crippen LogP contribution in [0, 0.1) is 29.6 Å². The minimum Gasteiger partial charge on any atom is -0.466 e. The van der Waals surface area contributed by atoms with Crippen LogP contribution in [-0.2, 0) is 28.7 Å². The number of fused-ring (bicyclic) bond motifs is 3. The van der Waals surface area contributed by atoms with Gasteiger partial charge in [-0.3, -0.25) is 29.0 Å². The van der Waals surface area contributed by atoms with Crippen LogP contribution in [0.2, 0.25) is 0 Å². The molecule has 0 aromatic carbocycles. The fourth-order valence-corrected chi connectivity index (χ4v) is 5.18. The lowest BCUT2D eigenvalue weighted by atomic mass is 9.62. The molecule has 2 heterocycles. The van der Waals surface area contributed by atoms with E-state index in [1.165, 1.54) is 21.2 Å². The van der Waals surface area contributed by atoms with Gasteiger partial charge in [0.2, 0.25) is 23.6 Å². The molecule has 4 amide bonds. The highest BCUT2D eigenvalue weighted by Gasteiger charge is 2.58. The molecule has 0 bridgehead atoms. The van der Waals surface area contributed by atoms with E-state index in [0.717, 1.165) is 9.80 Å². The third-order valence-corrected chi connectivity index (χ3v) is 6.50. The molecule has 0 N–H and O–H groups in total. The molecule has 8 heteroatoms. The molecular weight excluding hydrogens is 340 g/mol. The van der Waals surface area contributed by atoms with Crippen LogP contribution in [0.3, 0.4) is 0 Å². The Labute approximate surface area is 150 Å². The summed E-state index contributed by atoms with van der Waals surface area (Å²) >= 11 is 0. The van der Waals surface area contributed by atoms with Gasteiger partial charge in [0, 0.05) is 19.7 Å². The first-order valence-electron chi connectivity index (χ1n) is 8.72. The Bertz CT molecular complexity index is 800. The number of carbonyl (C=O) groups excluding carboxylic acids is 5. The van der Waals surface area contributed by atoms with Gasteiger partial charge < -0.3 is 4.74 Å². The molecule has 0 unspecified atom stereocenters. The number of allylic oxidation sites excluding steroid dienone is 1. The summed E-state index contributed by atoms with van der Waals surface area (Å²) in [7, 11) is 4.13. The van der Waals surface area contributed by atoms with Gasteiger partial charge in [-0.2, -0.15) is 0 Å². The number of esters is 1. The summed E-state index contributed by atoms with van der Waals surface area (Å²) in [5, 5.41) is 0. The maximum atomic E-state index is 12.6. The summed E-state index contributed by atoms with van der Waals surface area (Å²) < 4.78 is 4.91. The zero-order valence-electron chi connectivity index (χ0n) is 14.9. The highest BCUT2D eigenvalue weighted by Crippen LogP contribution is 2.53. The standard InChI is InChI=1S/C18H20N2O6/c1-19-14(21)9-4-7-5-11-12(17(24)20(2)16(11)23)13(18(25)26-3)8(7)6-10(9)15(19)22/h7,9-12H,4-6H2,1-3H3/t7-,9+,10-,11+,12+/m0/s1. The molecule has 8 nitrogen and oxygen atoms in total. The summed E-state index contributed by atoms with van der Waals surface area (Å²) in [4.78, 5) is 64.5. The third kappa shape index (κ3) is 1.98. The summed E-state index contributed by atoms with van der Waals surface area (Å²) in [5.41, 5.74) is 0.942. The average Bonchev–Trinajstić information content (AvgIpc) is 2.98. The maximum Gasteiger partial charge on any atom is 0.334 e. The Morgan fingerprint density at radius 1 is 0.885 bits per heavy atom. The lowest BCUT2D eigenvalue weighted by molar-refractivity contribution is -0.141. The van der Waals surface area contributed by atoms with E-state index < -0.39 is 35.5 Å². The molecule has 2 aliphatic heterocycles. The molecule has 0 spiro atoms. The summed E-state index contributed by atoms with van der Waals surface area (Å²) in [6.07, 6.45) is 1.11. The number of hydrogen-bond acceptors (Lipinski definition) is 6. The van der Waals surface area contributed by atoms with Crippen molar-refractivity contribution in [3.63, 3.8) is 0 Å². The summed E-state index contributed by atoms with van der Waals surface area (Å²) in [5.74, 6) is -4.30. The topological polar surface area (TPSA) is 101 Å². The van der Waals surface area contributed by atoms with Gasteiger partial charge in [0.1, 0.15) is 0 Å². The quantitative estimate of drug-likeness (QED) is 0.471. The average molecular weight is 360 g/mol. The van der Waals surface area contributed by atoms with Gasteiger partial charge >= 0.3 is 5.97 Å². The normalized spacial score (nSPS) is 36.3. The van der Waals surface area contributed by atoms with E-state index in [-0.39, 0.29) is 35.6 Å². The van der Waals surface area contributed by atoms with E-state index in [4.69, 9.17) is 4.74 Å². The molecule has 26 heavy (non-hydrogen) atoms. The number of likely N-dealkylation sites (tertiary alicyclic amines) is 2. The Hall–Kier alpha value is -2.51. The van der Waals surface area contributed by atoms with Crippen molar-refractivity contribution in [3.8, 4) is 0 Å². The Kier molecular flexibility index (Phi) is 3.58. The van der Waals surface area contributed by atoms with Crippen molar-refractivity contribution >= 4 is 29.6 Å². The van der Waals surface area contributed by atoms with Crippen molar-refractivity contribution in [2.75, 3.05) is 21.2 Å². The van der Waals surface area contributed by atoms with E-state index in [1.807, 2.05) is 0 Å². The number of carbonyl (C=O) groups is 5. The Morgan fingerprint density at radius 3 is 2.08 bits per heavy atom. The van der Waals surface area contributed by atoms with Gasteiger partial charge in [-0.05, 0) is 25.2 Å².